The van der Waals surface area contributed by atoms with Crippen molar-refractivity contribution in [3.05, 3.63) is 48.2 Å². The van der Waals surface area contributed by atoms with Crippen molar-refractivity contribution in [2.45, 2.75) is 0 Å². The molecule has 1 atom stereocenters. The molecule has 1 N–H and O–H groups in total. The summed E-state index contributed by atoms with van der Waals surface area (Å²) in [6, 6.07) is 6.16. The highest BCUT2D eigenvalue weighted by molar-refractivity contribution is 7.80. The van der Waals surface area contributed by atoms with Gasteiger partial charge in [0.1, 0.15) is 6.26 Å². The molecule has 9 nitrogen and oxygen atoms in total. The molecule has 10 heteroatoms. The Hall–Kier alpha value is -2.72. The number of anilines is 1. The average Bonchev–Trinajstić information content (AvgIpc) is 3.15. The Morgan fingerprint density at radius 2 is 1.68 bits per heavy atom. The van der Waals surface area contributed by atoms with Gasteiger partial charge in [-0.15, -0.1) is 0 Å². The van der Waals surface area contributed by atoms with Crippen LogP contribution in [0.4, 0.5) is 5.69 Å². The number of oxazole rings is 1. The average molecular weight is 363 g/mol. The van der Waals surface area contributed by atoms with E-state index in [9.17, 15) is 18.4 Å². The summed E-state index contributed by atoms with van der Waals surface area (Å²) in [6.45, 7) is 1.64. The second-order valence-electron chi connectivity index (χ2n) is 5.37. The molecule has 1 fully saturated rings. The topological polar surface area (TPSA) is 119 Å². The van der Waals surface area contributed by atoms with Gasteiger partial charge < -0.3 is 23.5 Å². The smallest absolute Gasteiger partial charge is 0.275 e. The van der Waals surface area contributed by atoms with Crippen molar-refractivity contribution >= 4 is 28.8 Å². The molecule has 1 aromatic heterocycles. The van der Waals surface area contributed by atoms with E-state index in [1.807, 2.05) is 0 Å². The number of piperazine rings is 1. The Kier molecular flexibility index (Phi) is 5.10. The predicted octanol–water partition coefficient (Wildman–Crippen LogP) is 0.479. The molecule has 1 aromatic carbocycles. The minimum atomic E-state index is -2.40. The second kappa shape index (κ2) is 7.45. The van der Waals surface area contributed by atoms with Gasteiger partial charge in [0.15, 0.2) is 12.1 Å². The predicted molar refractivity (Wildman–Crippen MR) is 87.3 cm³/mol. The van der Waals surface area contributed by atoms with Crippen LogP contribution in [0.15, 0.2) is 41.3 Å². The van der Waals surface area contributed by atoms with E-state index in [1.54, 1.807) is 21.9 Å². The number of carbonyl (C=O) groups excluding carboxylic acids is 2. The third-order valence-corrected chi connectivity index (χ3v) is 4.24. The number of aromatic nitrogens is 1. The molecule has 132 valence electrons. The van der Waals surface area contributed by atoms with Crippen molar-refractivity contribution in [1.82, 2.24) is 14.8 Å². The van der Waals surface area contributed by atoms with Gasteiger partial charge in [0.05, 0.1) is 0 Å². The van der Waals surface area contributed by atoms with Crippen LogP contribution in [0.25, 0.3) is 0 Å². The molecule has 0 saturated carbocycles. The number of nitrogens with one attached hydrogen (secondary N) is 1. The fourth-order valence-corrected chi connectivity index (χ4v) is 2.88. The highest BCUT2D eigenvalue weighted by Crippen LogP contribution is 2.14. The van der Waals surface area contributed by atoms with Gasteiger partial charge in [-0.3, -0.25) is 13.8 Å². The van der Waals surface area contributed by atoms with Gasteiger partial charge in [0, 0.05) is 48.7 Å². The van der Waals surface area contributed by atoms with E-state index in [0.717, 1.165) is 0 Å². The summed E-state index contributed by atoms with van der Waals surface area (Å²) >= 11 is -2.40. The minimum Gasteiger partial charge on any atom is -0.755 e. The first-order chi connectivity index (χ1) is 12.0. The molecule has 0 spiro atoms. The lowest BCUT2D eigenvalue weighted by atomic mass is 10.1. The fraction of sp³-hybridized carbons (Fsp3) is 0.267. The van der Waals surface area contributed by atoms with Crippen LogP contribution >= 0.6 is 0 Å². The van der Waals surface area contributed by atoms with Crippen molar-refractivity contribution in [2.75, 3.05) is 30.9 Å². The van der Waals surface area contributed by atoms with Crippen molar-refractivity contribution in [2.24, 2.45) is 0 Å². The zero-order chi connectivity index (χ0) is 17.8. The largest absolute Gasteiger partial charge is 0.755 e. The maximum atomic E-state index is 12.5. The number of hydrogen-bond donors (Lipinski definition) is 1. The molecule has 1 saturated heterocycles. The SMILES string of the molecule is O=C(c1ccc(NS(=O)[O-])cc1)N1CCN(C(=O)c2cocn2)CC1. The molecular weight excluding hydrogens is 348 g/mol. The van der Waals surface area contributed by atoms with Crippen molar-refractivity contribution in [3.63, 3.8) is 0 Å². The van der Waals surface area contributed by atoms with E-state index in [2.05, 4.69) is 9.71 Å². The molecular formula is C15H15N4O5S-. The zero-order valence-electron chi connectivity index (χ0n) is 13.1. The van der Waals surface area contributed by atoms with Gasteiger partial charge in [-0.2, -0.15) is 0 Å². The fourth-order valence-electron chi connectivity index (χ4n) is 2.55. The molecule has 0 bridgehead atoms. The number of amides is 2. The standard InChI is InChI=1S/C15H16N4O5S/c20-14(11-1-3-12(4-2-11)17-25(22)23)18-5-7-19(8-6-18)15(21)13-9-24-10-16-13/h1-4,9-10,17H,5-8H2,(H,22,23)/p-1. The molecule has 25 heavy (non-hydrogen) atoms. The summed E-state index contributed by atoms with van der Waals surface area (Å²) in [5.41, 5.74) is 1.09. The van der Waals surface area contributed by atoms with Crippen LogP contribution in [0.2, 0.25) is 0 Å². The summed E-state index contributed by atoms with van der Waals surface area (Å²) in [4.78, 5) is 31.8. The van der Waals surface area contributed by atoms with Gasteiger partial charge in [-0.1, -0.05) is 0 Å². The third-order valence-electron chi connectivity index (χ3n) is 3.84. The first kappa shape index (κ1) is 17.1. The van der Waals surface area contributed by atoms with Crippen molar-refractivity contribution in [3.8, 4) is 0 Å². The molecule has 2 heterocycles. The molecule has 0 aliphatic carbocycles. The van der Waals surface area contributed by atoms with Crippen molar-refractivity contribution in [1.29, 1.82) is 0 Å². The van der Waals surface area contributed by atoms with E-state index >= 15 is 0 Å². The Morgan fingerprint density at radius 3 is 2.20 bits per heavy atom. The van der Waals surface area contributed by atoms with Crippen LogP contribution in [-0.4, -0.2) is 61.5 Å². The lowest BCUT2D eigenvalue weighted by Gasteiger charge is -2.34. The highest BCUT2D eigenvalue weighted by atomic mass is 32.2. The van der Waals surface area contributed by atoms with Crippen LogP contribution in [0.1, 0.15) is 20.8 Å². The molecule has 2 aromatic rings. The van der Waals surface area contributed by atoms with E-state index in [-0.39, 0.29) is 17.5 Å². The van der Waals surface area contributed by atoms with Gasteiger partial charge in [0.25, 0.3) is 11.8 Å². The Bertz CT molecular complexity index is 770. The highest BCUT2D eigenvalue weighted by Gasteiger charge is 2.26. The first-order valence-electron chi connectivity index (χ1n) is 7.47. The summed E-state index contributed by atoms with van der Waals surface area (Å²) in [6.07, 6.45) is 2.50. The van der Waals surface area contributed by atoms with Gasteiger partial charge in [-0.25, -0.2) is 4.98 Å². The summed E-state index contributed by atoms with van der Waals surface area (Å²) in [5.74, 6) is -0.384. The quantitative estimate of drug-likeness (QED) is 0.789. The Balaban J connectivity index is 1.58. The summed E-state index contributed by atoms with van der Waals surface area (Å²) in [5, 5.41) is 0. The van der Waals surface area contributed by atoms with Gasteiger partial charge >= 0.3 is 0 Å². The van der Waals surface area contributed by atoms with Gasteiger partial charge in [-0.05, 0) is 24.3 Å². The maximum Gasteiger partial charge on any atom is 0.275 e. The monoisotopic (exact) mass is 363 g/mol. The minimum absolute atomic E-state index is 0.164. The Morgan fingerprint density at radius 1 is 1.08 bits per heavy atom. The maximum absolute atomic E-state index is 12.5. The third kappa shape index (κ3) is 4.03. The molecule has 1 aliphatic rings. The van der Waals surface area contributed by atoms with Crippen LogP contribution in [0, 0.1) is 0 Å². The van der Waals surface area contributed by atoms with Crippen LogP contribution in [0.5, 0.6) is 0 Å². The van der Waals surface area contributed by atoms with E-state index in [0.29, 0.717) is 37.4 Å². The second-order valence-corrected chi connectivity index (χ2v) is 6.05. The molecule has 2 amide bonds. The Labute approximate surface area is 146 Å². The molecule has 3 rings (SSSR count). The van der Waals surface area contributed by atoms with E-state index in [1.165, 1.54) is 24.8 Å². The number of rotatable bonds is 4. The zero-order valence-corrected chi connectivity index (χ0v) is 13.9. The number of hydrogen-bond acceptors (Lipinski definition) is 6. The van der Waals surface area contributed by atoms with Crippen LogP contribution in [0.3, 0.4) is 0 Å². The lowest BCUT2D eigenvalue weighted by molar-refractivity contribution is 0.0532. The van der Waals surface area contributed by atoms with Crippen LogP contribution in [-0.2, 0) is 11.3 Å². The number of benzene rings is 1. The van der Waals surface area contributed by atoms with E-state index in [4.69, 9.17) is 4.42 Å². The van der Waals surface area contributed by atoms with E-state index < -0.39 is 11.3 Å². The lowest BCUT2D eigenvalue weighted by Crippen LogP contribution is -2.50. The number of carbonyl (C=O) groups is 2. The molecule has 1 unspecified atom stereocenters. The number of nitrogens with zero attached hydrogens (tertiary/aromatic N) is 3. The summed E-state index contributed by atoms with van der Waals surface area (Å²) < 4.78 is 28.2. The van der Waals surface area contributed by atoms with Crippen molar-refractivity contribution < 1.29 is 22.8 Å². The normalized spacial score (nSPS) is 15.7. The summed E-state index contributed by atoms with van der Waals surface area (Å²) in [7, 11) is 0. The van der Waals surface area contributed by atoms with Gasteiger partial charge in [0.2, 0.25) is 0 Å². The van der Waals surface area contributed by atoms with Crippen LogP contribution < -0.4 is 4.72 Å². The molecule has 0 radical (unpaired) electrons. The molecule has 1 aliphatic heterocycles. The first-order valence-corrected chi connectivity index (χ1v) is 8.55.